The smallest absolute Gasteiger partial charge is 0.283 e. The Bertz CT molecular complexity index is 992. The molecule has 1 heterocycles. The zero-order valence-electron chi connectivity index (χ0n) is 15.2. The molecule has 1 aliphatic heterocycles. The van der Waals surface area contributed by atoms with Crippen LogP contribution in [0.4, 0.5) is 11.4 Å². The van der Waals surface area contributed by atoms with E-state index >= 15 is 0 Å². The molecule has 0 spiro atoms. The first-order valence-corrected chi connectivity index (χ1v) is 10.6. The van der Waals surface area contributed by atoms with Crippen molar-refractivity contribution in [2.24, 2.45) is 0 Å². The van der Waals surface area contributed by atoms with Gasteiger partial charge in [0.1, 0.15) is 5.75 Å². The quantitative estimate of drug-likeness (QED) is 0.223. The second kappa shape index (κ2) is 9.40. The van der Waals surface area contributed by atoms with E-state index in [2.05, 4.69) is 0 Å². The van der Waals surface area contributed by atoms with Crippen LogP contribution in [0.15, 0.2) is 52.3 Å². The number of aliphatic hydroxyl groups is 1. The van der Waals surface area contributed by atoms with Gasteiger partial charge in [0.15, 0.2) is 4.32 Å². The highest BCUT2D eigenvalue weighted by molar-refractivity contribution is 8.27. The van der Waals surface area contributed by atoms with Gasteiger partial charge in [0.25, 0.3) is 11.6 Å². The van der Waals surface area contributed by atoms with Crippen molar-refractivity contribution in [1.82, 2.24) is 0 Å². The molecule has 3 rings (SSSR count). The summed E-state index contributed by atoms with van der Waals surface area (Å²) in [6.45, 7) is -0.0720. The number of amides is 1. The van der Waals surface area contributed by atoms with E-state index < -0.39 is 4.92 Å². The zero-order chi connectivity index (χ0) is 21.0. The van der Waals surface area contributed by atoms with Gasteiger partial charge in [-0.15, -0.1) is 11.8 Å². The predicted molar refractivity (Wildman–Crippen MR) is 120 cm³/mol. The van der Waals surface area contributed by atoms with E-state index in [1.54, 1.807) is 49.6 Å². The van der Waals surface area contributed by atoms with Crippen LogP contribution in [-0.4, -0.2) is 39.7 Å². The first-order valence-electron chi connectivity index (χ1n) is 8.38. The Labute approximate surface area is 180 Å². The van der Waals surface area contributed by atoms with E-state index in [1.807, 2.05) is 0 Å². The molecule has 1 fully saturated rings. The van der Waals surface area contributed by atoms with Gasteiger partial charge in [-0.05, 0) is 42.0 Å². The molecule has 0 aromatic heterocycles. The number of benzene rings is 2. The van der Waals surface area contributed by atoms with Crippen LogP contribution in [-0.2, 0) is 4.79 Å². The number of carbonyl (C=O) groups is 1. The van der Waals surface area contributed by atoms with E-state index in [-0.39, 0.29) is 18.2 Å². The molecule has 150 valence electrons. The number of anilines is 1. The number of ether oxygens (including phenoxy) is 1. The molecule has 1 aliphatic rings. The Balaban J connectivity index is 1.88. The first-order chi connectivity index (χ1) is 13.9. The molecule has 2 aromatic carbocycles. The molecule has 29 heavy (non-hydrogen) atoms. The summed E-state index contributed by atoms with van der Waals surface area (Å²) in [5.74, 6) is 0.744. The van der Waals surface area contributed by atoms with Gasteiger partial charge in [0.2, 0.25) is 0 Å². The monoisotopic (exact) mass is 448 g/mol. The number of carbonyl (C=O) groups excluding carboxylic acids is 1. The maximum Gasteiger partial charge on any atom is 0.283 e. The molecule has 1 N–H and O–H groups in total. The number of aliphatic hydroxyl groups excluding tert-OH is 1. The molecular formula is C19H16N2O5S3. The minimum atomic E-state index is -0.473. The van der Waals surface area contributed by atoms with Crippen LogP contribution < -0.4 is 9.64 Å². The van der Waals surface area contributed by atoms with Crippen molar-refractivity contribution in [3.63, 3.8) is 0 Å². The van der Waals surface area contributed by atoms with Crippen molar-refractivity contribution < 1.29 is 19.6 Å². The summed E-state index contributed by atoms with van der Waals surface area (Å²) >= 11 is 7.70. The molecule has 7 nitrogen and oxygen atoms in total. The van der Waals surface area contributed by atoms with Crippen LogP contribution in [0, 0.1) is 10.1 Å². The van der Waals surface area contributed by atoms with Gasteiger partial charge < -0.3 is 9.84 Å². The molecule has 0 saturated carbocycles. The lowest BCUT2D eigenvalue weighted by Gasteiger charge is -2.14. The third-order valence-electron chi connectivity index (χ3n) is 3.95. The molecule has 1 saturated heterocycles. The SMILES string of the molecule is COc1ccc(N2C(=O)/C(=C\c3ccc(SCCO)c([N+](=O)[O-])c3)SC2=S)cc1. The average molecular weight is 449 g/mol. The van der Waals surface area contributed by atoms with Gasteiger partial charge in [-0.3, -0.25) is 19.8 Å². The van der Waals surface area contributed by atoms with Crippen molar-refractivity contribution in [3.05, 3.63) is 63.0 Å². The standard InChI is InChI=1S/C19H16N2O5S3/c1-26-14-5-3-13(4-6-14)20-18(23)17(29-19(20)27)11-12-2-7-16(28-9-8-22)15(10-12)21(24)25/h2-7,10-11,22H,8-9H2,1H3/b17-11+. The van der Waals surface area contributed by atoms with Crippen LogP contribution in [0.25, 0.3) is 6.08 Å². The Morgan fingerprint density at radius 1 is 1.31 bits per heavy atom. The summed E-state index contributed by atoms with van der Waals surface area (Å²) in [5, 5.41) is 20.3. The molecule has 0 radical (unpaired) electrons. The van der Waals surface area contributed by atoms with E-state index in [0.29, 0.717) is 36.9 Å². The van der Waals surface area contributed by atoms with Gasteiger partial charge in [-0.25, -0.2) is 0 Å². The predicted octanol–water partition coefficient (Wildman–Crippen LogP) is 4.09. The van der Waals surface area contributed by atoms with Gasteiger partial charge in [-0.2, -0.15) is 0 Å². The highest BCUT2D eigenvalue weighted by Gasteiger charge is 2.33. The first kappa shape index (κ1) is 21.3. The maximum absolute atomic E-state index is 12.9. The normalized spacial score (nSPS) is 15.2. The minimum Gasteiger partial charge on any atom is -0.497 e. The zero-order valence-corrected chi connectivity index (χ0v) is 17.7. The summed E-state index contributed by atoms with van der Waals surface area (Å²) in [6.07, 6.45) is 1.59. The summed E-state index contributed by atoms with van der Waals surface area (Å²) in [7, 11) is 1.56. The Hall–Kier alpha value is -2.40. The topological polar surface area (TPSA) is 92.9 Å². The maximum atomic E-state index is 12.9. The fourth-order valence-electron chi connectivity index (χ4n) is 2.62. The van der Waals surface area contributed by atoms with Gasteiger partial charge in [0.05, 0.1) is 34.1 Å². The highest BCUT2D eigenvalue weighted by atomic mass is 32.2. The molecule has 0 aliphatic carbocycles. The number of thioether (sulfide) groups is 2. The van der Waals surface area contributed by atoms with Crippen molar-refractivity contribution >= 4 is 63.4 Å². The fourth-order valence-corrected chi connectivity index (χ4v) is 4.67. The second-order valence-electron chi connectivity index (χ2n) is 5.77. The highest BCUT2D eigenvalue weighted by Crippen LogP contribution is 2.37. The Morgan fingerprint density at radius 2 is 2.03 bits per heavy atom. The van der Waals surface area contributed by atoms with Crippen LogP contribution in [0.5, 0.6) is 5.75 Å². The molecule has 1 amide bonds. The lowest BCUT2D eigenvalue weighted by molar-refractivity contribution is -0.387. The number of hydrogen-bond donors (Lipinski definition) is 1. The van der Waals surface area contributed by atoms with Crippen LogP contribution >= 0.6 is 35.7 Å². The van der Waals surface area contributed by atoms with Crippen molar-refractivity contribution in [2.75, 3.05) is 24.4 Å². The Morgan fingerprint density at radius 3 is 2.66 bits per heavy atom. The molecule has 0 atom stereocenters. The van der Waals surface area contributed by atoms with Crippen LogP contribution in [0.3, 0.4) is 0 Å². The van der Waals surface area contributed by atoms with Gasteiger partial charge in [-0.1, -0.05) is 30.0 Å². The lowest BCUT2D eigenvalue weighted by Crippen LogP contribution is -2.27. The number of rotatable bonds is 7. The molecule has 0 bridgehead atoms. The minimum absolute atomic E-state index is 0.0668. The summed E-state index contributed by atoms with van der Waals surface area (Å²) in [4.78, 5) is 26.0. The second-order valence-corrected chi connectivity index (χ2v) is 8.58. The lowest BCUT2D eigenvalue weighted by atomic mass is 10.2. The fraction of sp³-hybridized carbons (Fsp3) is 0.158. The average Bonchev–Trinajstić information content (AvgIpc) is 3.00. The number of nitro benzene ring substituents is 1. The largest absolute Gasteiger partial charge is 0.497 e. The summed E-state index contributed by atoms with van der Waals surface area (Å²) in [6, 6.07) is 11.7. The molecule has 2 aromatic rings. The van der Waals surface area contributed by atoms with Gasteiger partial charge >= 0.3 is 0 Å². The summed E-state index contributed by atoms with van der Waals surface area (Å²) < 4.78 is 5.51. The van der Waals surface area contributed by atoms with Crippen molar-refractivity contribution in [1.29, 1.82) is 0 Å². The third kappa shape index (κ3) is 4.78. The van der Waals surface area contributed by atoms with Crippen LogP contribution in [0.1, 0.15) is 5.56 Å². The van der Waals surface area contributed by atoms with Crippen LogP contribution in [0.2, 0.25) is 0 Å². The van der Waals surface area contributed by atoms with E-state index in [0.717, 1.165) is 11.8 Å². The number of nitrogens with zero attached hydrogens (tertiary/aromatic N) is 2. The number of thiocarbonyl (C=S) groups is 1. The van der Waals surface area contributed by atoms with Crippen molar-refractivity contribution in [2.45, 2.75) is 4.90 Å². The van der Waals surface area contributed by atoms with E-state index in [1.165, 1.54) is 22.7 Å². The number of hydrogen-bond acceptors (Lipinski definition) is 8. The molecular weight excluding hydrogens is 432 g/mol. The van der Waals surface area contributed by atoms with Crippen molar-refractivity contribution in [3.8, 4) is 5.75 Å². The van der Waals surface area contributed by atoms with Gasteiger partial charge in [0, 0.05) is 11.8 Å². The third-order valence-corrected chi connectivity index (χ3v) is 6.30. The molecule has 0 unspecified atom stereocenters. The Kier molecular flexibility index (Phi) is 6.91. The number of methoxy groups -OCH3 is 1. The number of nitro groups is 1. The molecule has 10 heteroatoms. The van der Waals surface area contributed by atoms with E-state index in [4.69, 9.17) is 22.1 Å². The summed E-state index contributed by atoms with van der Waals surface area (Å²) in [5.41, 5.74) is 1.08. The van der Waals surface area contributed by atoms with E-state index in [9.17, 15) is 14.9 Å².